The van der Waals surface area contributed by atoms with Gasteiger partial charge in [-0.25, -0.2) is 4.68 Å². The maximum atomic E-state index is 12.8. The molecule has 0 radical (unpaired) electrons. The molecule has 21 heavy (non-hydrogen) atoms. The summed E-state index contributed by atoms with van der Waals surface area (Å²) in [5.74, 6) is 1.07. The van der Waals surface area contributed by atoms with Gasteiger partial charge in [0.2, 0.25) is 0 Å². The Morgan fingerprint density at radius 2 is 2.14 bits per heavy atom. The van der Waals surface area contributed by atoms with Crippen molar-refractivity contribution in [2.45, 2.75) is 18.6 Å². The molecule has 2 heterocycles. The van der Waals surface area contributed by atoms with Crippen LogP contribution < -0.4 is 10.1 Å². The van der Waals surface area contributed by atoms with Crippen molar-refractivity contribution in [1.82, 2.24) is 9.78 Å². The zero-order chi connectivity index (χ0) is 15.0. The summed E-state index contributed by atoms with van der Waals surface area (Å²) in [7, 11) is 1.56. The van der Waals surface area contributed by atoms with Crippen LogP contribution in [0.1, 0.15) is 23.7 Å². The lowest BCUT2D eigenvalue weighted by atomic mass is 10.0. The van der Waals surface area contributed by atoms with Crippen LogP contribution in [0.15, 0.2) is 30.3 Å². The Morgan fingerprint density at radius 3 is 2.86 bits per heavy atom. The Balaban J connectivity index is 2.01. The third-order valence-electron chi connectivity index (χ3n) is 3.52. The van der Waals surface area contributed by atoms with Crippen molar-refractivity contribution in [3.63, 3.8) is 0 Å². The molecule has 112 valence electrons. The maximum absolute atomic E-state index is 12.8. The summed E-state index contributed by atoms with van der Waals surface area (Å²) >= 11 is 0. The van der Waals surface area contributed by atoms with Crippen LogP contribution in [0, 0.1) is 0 Å². The van der Waals surface area contributed by atoms with E-state index < -0.39 is 11.9 Å². The molecule has 7 heteroatoms. The van der Waals surface area contributed by atoms with E-state index in [1.807, 2.05) is 18.2 Å². The molecule has 1 atom stereocenters. The molecule has 1 aromatic heterocycles. The first-order chi connectivity index (χ1) is 9.99. The van der Waals surface area contributed by atoms with Crippen molar-refractivity contribution in [3.05, 3.63) is 41.6 Å². The van der Waals surface area contributed by atoms with E-state index in [-0.39, 0.29) is 6.04 Å². The standard InChI is InChI=1S/C14H14F3N3O/c1-21-10-4-2-3-9(7-10)11-5-6-18-13-8-12(14(15,16)17)19-20(11)13/h2-4,7-8,11,18H,5-6H2,1H3. The number of rotatable bonds is 2. The summed E-state index contributed by atoms with van der Waals surface area (Å²) in [5, 5.41) is 6.68. The lowest BCUT2D eigenvalue weighted by molar-refractivity contribution is -0.141. The van der Waals surface area contributed by atoms with Crippen molar-refractivity contribution in [2.75, 3.05) is 19.0 Å². The van der Waals surface area contributed by atoms with Crippen LogP contribution in [0.2, 0.25) is 0 Å². The van der Waals surface area contributed by atoms with E-state index in [0.717, 1.165) is 11.6 Å². The van der Waals surface area contributed by atoms with Gasteiger partial charge in [-0.3, -0.25) is 0 Å². The molecule has 1 N–H and O–H groups in total. The minimum atomic E-state index is -4.44. The summed E-state index contributed by atoms with van der Waals surface area (Å²) in [6, 6.07) is 8.14. The Bertz CT molecular complexity index is 651. The first-order valence-electron chi connectivity index (χ1n) is 6.53. The van der Waals surface area contributed by atoms with E-state index in [1.165, 1.54) is 4.68 Å². The number of hydrogen-bond acceptors (Lipinski definition) is 3. The number of benzene rings is 1. The fourth-order valence-corrected chi connectivity index (χ4v) is 2.52. The summed E-state index contributed by atoms with van der Waals surface area (Å²) in [6.07, 6.45) is -3.77. The van der Waals surface area contributed by atoms with Gasteiger partial charge < -0.3 is 10.1 Å². The summed E-state index contributed by atoms with van der Waals surface area (Å²) in [4.78, 5) is 0. The number of ether oxygens (including phenoxy) is 1. The number of hydrogen-bond donors (Lipinski definition) is 1. The van der Waals surface area contributed by atoms with Gasteiger partial charge in [0.05, 0.1) is 13.2 Å². The number of halogens is 3. The molecule has 1 unspecified atom stereocenters. The smallest absolute Gasteiger partial charge is 0.435 e. The van der Waals surface area contributed by atoms with E-state index in [4.69, 9.17) is 4.74 Å². The van der Waals surface area contributed by atoms with Gasteiger partial charge >= 0.3 is 6.18 Å². The lowest BCUT2D eigenvalue weighted by Gasteiger charge is -2.26. The molecule has 0 saturated carbocycles. The van der Waals surface area contributed by atoms with Gasteiger partial charge in [-0.1, -0.05) is 12.1 Å². The van der Waals surface area contributed by atoms with Gasteiger partial charge in [-0.05, 0) is 24.1 Å². The average Bonchev–Trinajstić information content (AvgIpc) is 2.91. The highest BCUT2D eigenvalue weighted by molar-refractivity contribution is 5.43. The topological polar surface area (TPSA) is 39.1 Å². The van der Waals surface area contributed by atoms with Crippen molar-refractivity contribution < 1.29 is 17.9 Å². The highest BCUT2D eigenvalue weighted by atomic mass is 19.4. The first kappa shape index (κ1) is 13.8. The molecule has 0 aliphatic carbocycles. The quantitative estimate of drug-likeness (QED) is 0.924. The molecule has 1 aliphatic heterocycles. The summed E-state index contributed by atoms with van der Waals surface area (Å²) in [5.41, 5.74) is 0.00807. The zero-order valence-corrected chi connectivity index (χ0v) is 11.3. The number of nitrogens with one attached hydrogen (secondary N) is 1. The molecule has 0 amide bonds. The van der Waals surface area contributed by atoms with Crippen molar-refractivity contribution in [2.24, 2.45) is 0 Å². The molecular formula is C14H14F3N3O. The maximum Gasteiger partial charge on any atom is 0.435 e. The number of methoxy groups -OCH3 is 1. The van der Waals surface area contributed by atoms with Gasteiger partial charge in [-0.2, -0.15) is 18.3 Å². The van der Waals surface area contributed by atoms with Crippen LogP contribution in [0.5, 0.6) is 5.75 Å². The Kier molecular flexibility index (Phi) is 3.27. The minimum Gasteiger partial charge on any atom is -0.497 e. The second-order valence-corrected chi connectivity index (χ2v) is 4.87. The van der Waals surface area contributed by atoms with E-state index in [1.54, 1.807) is 13.2 Å². The van der Waals surface area contributed by atoms with Crippen LogP contribution in [0.3, 0.4) is 0 Å². The number of anilines is 1. The van der Waals surface area contributed by atoms with Crippen LogP contribution in [-0.4, -0.2) is 23.4 Å². The molecule has 3 rings (SSSR count). The highest BCUT2D eigenvalue weighted by Gasteiger charge is 2.36. The number of nitrogens with zero attached hydrogens (tertiary/aromatic N) is 2. The van der Waals surface area contributed by atoms with Crippen molar-refractivity contribution in [1.29, 1.82) is 0 Å². The predicted molar refractivity (Wildman–Crippen MR) is 71.5 cm³/mol. The van der Waals surface area contributed by atoms with Crippen LogP contribution in [0.4, 0.5) is 19.0 Å². The Morgan fingerprint density at radius 1 is 1.33 bits per heavy atom. The van der Waals surface area contributed by atoms with Crippen LogP contribution in [0.25, 0.3) is 0 Å². The third-order valence-corrected chi connectivity index (χ3v) is 3.52. The third kappa shape index (κ3) is 2.55. The van der Waals surface area contributed by atoms with Gasteiger partial charge in [0.15, 0.2) is 5.69 Å². The van der Waals surface area contributed by atoms with Crippen molar-refractivity contribution in [3.8, 4) is 5.75 Å². The van der Waals surface area contributed by atoms with Crippen LogP contribution in [-0.2, 0) is 6.18 Å². The molecule has 1 aliphatic rings. The van der Waals surface area contributed by atoms with E-state index in [2.05, 4.69) is 10.4 Å². The fourth-order valence-electron chi connectivity index (χ4n) is 2.52. The summed E-state index contributed by atoms with van der Waals surface area (Å²) in [6.45, 7) is 0.602. The SMILES string of the molecule is COc1cccc(C2CCNc3cc(C(F)(F)F)nn32)c1. The molecule has 0 spiro atoms. The molecule has 0 saturated heterocycles. The second-order valence-electron chi connectivity index (χ2n) is 4.87. The van der Waals surface area contributed by atoms with Gasteiger partial charge in [0.1, 0.15) is 11.6 Å². The number of alkyl halides is 3. The molecule has 4 nitrogen and oxygen atoms in total. The molecule has 0 bridgehead atoms. The highest BCUT2D eigenvalue weighted by Crippen LogP contribution is 2.35. The Labute approximate surface area is 119 Å². The van der Waals surface area contributed by atoms with E-state index >= 15 is 0 Å². The van der Waals surface area contributed by atoms with Crippen molar-refractivity contribution >= 4 is 5.82 Å². The monoisotopic (exact) mass is 297 g/mol. The Hall–Kier alpha value is -2.18. The zero-order valence-electron chi connectivity index (χ0n) is 11.3. The summed E-state index contributed by atoms with van der Waals surface area (Å²) < 4.78 is 45.0. The van der Waals surface area contributed by atoms with E-state index in [9.17, 15) is 13.2 Å². The van der Waals surface area contributed by atoms with Gasteiger partial charge in [-0.15, -0.1) is 0 Å². The van der Waals surface area contributed by atoms with Crippen LogP contribution >= 0.6 is 0 Å². The molecule has 0 fully saturated rings. The second kappa shape index (κ2) is 4.98. The lowest BCUT2D eigenvalue weighted by Crippen LogP contribution is -2.24. The average molecular weight is 297 g/mol. The fraction of sp³-hybridized carbons (Fsp3) is 0.357. The van der Waals surface area contributed by atoms with Gasteiger partial charge in [0, 0.05) is 12.6 Å². The normalized spacial score (nSPS) is 18.0. The number of fused-ring (bicyclic) bond motifs is 1. The van der Waals surface area contributed by atoms with E-state index in [0.29, 0.717) is 24.5 Å². The molecular weight excluding hydrogens is 283 g/mol. The minimum absolute atomic E-state index is 0.229. The number of aromatic nitrogens is 2. The largest absolute Gasteiger partial charge is 0.497 e. The predicted octanol–water partition coefficient (Wildman–Crippen LogP) is 3.32. The molecule has 2 aromatic rings. The first-order valence-corrected chi connectivity index (χ1v) is 6.53. The molecule has 1 aromatic carbocycles. The van der Waals surface area contributed by atoms with Gasteiger partial charge in [0.25, 0.3) is 0 Å².